The standard InChI is InChI=1S/C15H22N2OS/c1-3-12(10-19-2)16-14-9-8-11-6-4-5-7-13(11)17-15(14)18/h4-7,12,14,16H,3,8-10H2,1-2H3,(H,17,18). The lowest BCUT2D eigenvalue weighted by atomic mass is 10.1. The summed E-state index contributed by atoms with van der Waals surface area (Å²) in [7, 11) is 0. The summed E-state index contributed by atoms with van der Waals surface area (Å²) in [6, 6.07) is 8.40. The number of benzene rings is 1. The number of nitrogens with one attached hydrogen (secondary N) is 2. The van der Waals surface area contributed by atoms with Gasteiger partial charge in [-0.05, 0) is 37.1 Å². The van der Waals surface area contributed by atoms with Gasteiger partial charge in [0, 0.05) is 17.5 Å². The number of hydrogen-bond acceptors (Lipinski definition) is 3. The number of hydrogen-bond donors (Lipinski definition) is 2. The largest absolute Gasteiger partial charge is 0.324 e. The van der Waals surface area contributed by atoms with Crippen molar-refractivity contribution < 1.29 is 4.79 Å². The predicted molar refractivity (Wildman–Crippen MR) is 82.8 cm³/mol. The topological polar surface area (TPSA) is 41.1 Å². The zero-order valence-electron chi connectivity index (χ0n) is 11.6. The second kappa shape index (κ2) is 6.96. The van der Waals surface area contributed by atoms with Crippen molar-refractivity contribution in [2.45, 2.75) is 38.3 Å². The van der Waals surface area contributed by atoms with E-state index in [1.807, 2.05) is 30.0 Å². The Bertz CT molecular complexity index is 436. The molecule has 2 rings (SSSR count). The van der Waals surface area contributed by atoms with Crippen LogP contribution in [0.1, 0.15) is 25.3 Å². The average Bonchev–Trinajstić information content (AvgIpc) is 2.58. The summed E-state index contributed by atoms with van der Waals surface area (Å²) in [4.78, 5) is 12.3. The Hall–Kier alpha value is -1.00. The Balaban J connectivity index is 2.03. The SMILES string of the molecule is CCC(CSC)NC1CCc2ccccc2NC1=O. The minimum absolute atomic E-state index is 0.0792. The Kier molecular flexibility index (Phi) is 5.28. The molecule has 4 heteroatoms. The van der Waals surface area contributed by atoms with E-state index in [4.69, 9.17) is 0 Å². The molecule has 2 atom stereocenters. The van der Waals surface area contributed by atoms with Gasteiger partial charge in [0.25, 0.3) is 0 Å². The van der Waals surface area contributed by atoms with Gasteiger partial charge in [-0.25, -0.2) is 0 Å². The van der Waals surface area contributed by atoms with Crippen LogP contribution in [0.5, 0.6) is 0 Å². The first-order chi connectivity index (χ1) is 9.24. The van der Waals surface area contributed by atoms with E-state index in [0.29, 0.717) is 6.04 Å². The van der Waals surface area contributed by atoms with Gasteiger partial charge < -0.3 is 10.6 Å². The highest BCUT2D eigenvalue weighted by Crippen LogP contribution is 2.21. The fourth-order valence-electron chi connectivity index (χ4n) is 2.44. The summed E-state index contributed by atoms with van der Waals surface area (Å²) in [5.41, 5.74) is 2.20. The van der Waals surface area contributed by atoms with Gasteiger partial charge in [-0.3, -0.25) is 4.79 Å². The smallest absolute Gasteiger partial charge is 0.241 e. The molecule has 0 bridgehead atoms. The number of carbonyl (C=O) groups excluding carboxylic acids is 1. The van der Waals surface area contributed by atoms with E-state index in [1.54, 1.807) is 0 Å². The summed E-state index contributed by atoms with van der Waals surface area (Å²) >= 11 is 1.82. The number of rotatable bonds is 5. The molecule has 0 spiro atoms. The highest BCUT2D eigenvalue weighted by atomic mass is 32.2. The molecule has 1 aliphatic heterocycles. The van der Waals surface area contributed by atoms with Crippen molar-refractivity contribution in [3.63, 3.8) is 0 Å². The van der Waals surface area contributed by atoms with Crippen molar-refractivity contribution in [3.05, 3.63) is 29.8 Å². The van der Waals surface area contributed by atoms with E-state index >= 15 is 0 Å². The van der Waals surface area contributed by atoms with E-state index in [1.165, 1.54) is 5.56 Å². The molecule has 1 heterocycles. The van der Waals surface area contributed by atoms with Crippen molar-refractivity contribution in [1.29, 1.82) is 0 Å². The Morgan fingerprint density at radius 3 is 3.00 bits per heavy atom. The highest BCUT2D eigenvalue weighted by Gasteiger charge is 2.24. The second-order valence-electron chi connectivity index (χ2n) is 4.96. The Labute approximate surface area is 119 Å². The number of thioether (sulfide) groups is 1. The van der Waals surface area contributed by atoms with Crippen LogP contribution in [0.2, 0.25) is 0 Å². The number of amides is 1. The first-order valence-corrected chi connectivity index (χ1v) is 8.27. The van der Waals surface area contributed by atoms with Gasteiger partial charge in [0.2, 0.25) is 5.91 Å². The number of anilines is 1. The first kappa shape index (κ1) is 14.4. The third-order valence-corrected chi connectivity index (χ3v) is 4.33. The Morgan fingerprint density at radius 2 is 2.26 bits per heavy atom. The fraction of sp³-hybridized carbons (Fsp3) is 0.533. The van der Waals surface area contributed by atoms with Crippen LogP contribution in [0.25, 0.3) is 0 Å². The molecule has 0 aromatic heterocycles. The molecule has 1 aliphatic rings. The minimum Gasteiger partial charge on any atom is -0.324 e. The van der Waals surface area contributed by atoms with Gasteiger partial charge >= 0.3 is 0 Å². The van der Waals surface area contributed by atoms with Crippen LogP contribution in [-0.4, -0.2) is 30.0 Å². The molecule has 0 saturated heterocycles. The zero-order chi connectivity index (χ0) is 13.7. The van der Waals surface area contributed by atoms with Gasteiger partial charge in [-0.2, -0.15) is 11.8 Å². The lowest BCUT2D eigenvalue weighted by Gasteiger charge is -2.22. The number of aryl methyl sites for hydroxylation is 1. The molecular formula is C15H22N2OS. The Morgan fingerprint density at radius 1 is 1.47 bits per heavy atom. The van der Waals surface area contributed by atoms with Crippen LogP contribution in [0, 0.1) is 0 Å². The number of fused-ring (bicyclic) bond motifs is 1. The third kappa shape index (κ3) is 3.74. The van der Waals surface area contributed by atoms with Crippen molar-refractivity contribution >= 4 is 23.4 Å². The second-order valence-corrected chi connectivity index (χ2v) is 5.88. The van der Waals surface area contributed by atoms with E-state index in [9.17, 15) is 4.79 Å². The third-order valence-electron chi connectivity index (χ3n) is 3.59. The molecule has 1 amide bonds. The maximum Gasteiger partial charge on any atom is 0.241 e. The highest BCUT2D eigenvalue weighted by molar-refractivity contribution is 7.98. The van der Waals surface area contributed by atoms with Crippen molar-refractivity contribution in [1.82, 2.24) is 5.32 Å². The lowest BCUT2D eigenvalue weighted by molar-refractivity contribution is -0.118. The van der Waals surface area contributed by atoms with E-state index < -0.39 is 0 Å². The average molecular weight is 278 g/mol. The molecule has 104 valence electrons. The molecule has 1 aromatic carbocycles. The molecule has 1 aromatic rings. The van der Waals surface area contributed by atoms with Gasteiger partial charge in [-0.1, -0.05) is 25.1 Å². The van der Waals surface area contributed by atoms with Crippen molar-refractivity contribution in [3.8, 4) is 0 Å². The van der Waals surface area contributed by atoms with Gasteiger partial charge in [0.1, 0.15) is 0 Å². The number of para-hydroxylation sites is 1. The molecular weight excluding hydrogens is 256 g/mol. The molecule has 3 nitrogen and oxygen atoms in total. The molecule has 0 fully saturated rings. The van der Waals surface area contributed by atoms with E-state index in [-0.39, 0.29) is 11.9 Å². The zero-order valence-corrected chi connectivity index (χ0v) is 12.4. The van der Waals surface area contributed by atoms with Crippen LogP contribution in [-0.2, 0) is 11.2 Å². The van der Waals surface area contributed by atoms with E-state index in [2.05, 4.69) is 29.9 Å². The number of carbonyl (C=O) groups is 1. The molecule has 2 N–H and O–H groups in total. The summed E-state index contributed by atoms with van der Waals surface area (Å²) in [6.45, 7) is 2.16. The van der Waals surface area contributed by atoms with Crippen molar-refractivity contribution in [2.24, 2.45) is 0 Å². The quantitative estimate of drug-likeness (QED) is 0.870. The van der Waals surface area contributed by atoms with Gasteiger partial charge in [0.05, 0.1) is 6.04 Å². The maximum atomic E-state index is 12.3. The van der Waals surface area contributed by atoms with Gasteiger partial charge in [0.15, 0.2) is 0 Å². The van der Waals surface area contributed by atoms with Crippen LogP contribution in [0.4, 0.5) is 5.69 Å². The van der Waals surface area contributed by atoms with Crippen LogP contribution >= 0.6 is 11.8 Å². The molecule has 2 unspecified atom stereocenters. The first-order valence-electron chi connectivity index (χ1n) is 6.88. The molecule has 0 saturated carbocycles. The summed E-state index contributed by atoms with van der Waals surface area (Å²) in [5.74, 6) is 1.15. The van der Waals surface area contributed by atoms with Gasteiger partial charge in [-0.15, -0.1) is 0 Å². The summed E-state index contributed by atoms with van der Waals surface area (Å²) in [5, 5.41) is 6.53. The molecule has 0 aliphatic carbocycles. The predicted octanol–water partition coefficient (Wildman–Crippen LogP) is 2.67. The molecule has 19 heavy (non-hydrogen) atoms. The van der Waals surface area contributed by atoms with Crippen LogP contribution < -0.4 is 10.6 Å². The summed E-state index contributed by atoms with van der Waals surface area (Å²) < 4.78 is 0. The van der Waals surface area contributed by atoms with Crippen LogP contribution in [0.15, 0.2) is 24.3 Å². The van der Waals surface area contributed by atoms with Crippen LogP contribution in [0.3, 0.4) is 0 Å². The fourth-order valence-corrected chi connectivity index (χ4v) is 3.17. The van der Waals surface area contributed by atoms with E-state index in [0.717, 1.165) is 30.7 Å². The normalized spacial score (nSPS) is 20.3. The monoisotopic (exact) mass is 278 g/mol. The maximum absolute atomic E-state index is 12.3. The minimum atomic E-state index is -0.0792. The lowest BCUT2D eigenvalue weighted by Crippen LogP contribution is -2.46. The summed E-state index contributed by atoms with van der Waals surface area (Å²) in [6.07, 6.45) is 4.97. The molecule has 0 radical (unpaired) electrons. The van der Waals surface area contributed by atoms with Crippen molar-refractivity contribution in [2.75, 3.05) is 17.3 Å².